The van der Waals surface area contributed by atoms with Crippen LogP contribution in [0.25, 0.3) is 10.2 Å². The van der Waals surface area contributed by atoms with Gasteiger partial charge in [0.1, 0.15) is 10.7 Å². The Morgan fingerprint density at radius 3 is 2.85 bits per heavy atom. The molecule has 0 unspecified atom stereocenters. The second kappa shape index (κ2) is 6.88. The molecule has 0 radical (unpaired) electrons. The Bertz CT molecular complexity index is 987. The Morgan fingerprint density at radius 2 is 2.12 bits per heavy atom. The van der Waals surface area contributed by atoms with Crippen LogP contribution in [0.2, 0.25) is 0 Å². The maximum absolute atomic E-state index is 12.7. The van der Waals surface area contributed by atoms with Gasteiger partial charge < -0.3 is 10.3 Å². The molecule has 0 amide bonds. The van der Waals surface area contributed by atoms with E-state index in [9.17, 15) is 4.79 Å². The van der Waals surface area contributed by atoms with Gasteiger partial charge >= 0.3 is 0 Å². The van der Waals surface area contributed by atoms with Gasteiger partial charge in [0.25, 0.3) is 5.56 Å². The van der Waals surface area contributed by atoms with Crippen molar-refractivity contribution in [3.05, 3.63) is 56.4 Å². The first-order valence-electron chi connectivity index (χ1n) is 9.45. The van der Waals surface area contributed by atoms with Gasteiger partial charge in [0.2, 0.25) is 0 Å². The lowest BCUT2D eigenvalue weighted by Gasteiger charge is -2.17. The van der Waals surface area contributed by atoms with Crippen LogP contribution in [0.15, 0.2) is 29.1 Å². The molecule has 0 bridgehead atoms. The highest BCUT2D eigenvalue weighted by molar-refractivity contribution is 7.18. The first kappa shape index (κ1) is 17.3. The van der Waals surface area contributed by atoms with E-state index in [2.05, 4.69) is 48.4 Å². The minimum absolute atomic E-state index is 0.00651. The van der Waals surface area contributed by atoms with Gasteiger partial charge in [0.15, 0.2) is 0 Å². The third-order valence-electron chi connectivity index (χ3n) is 5.34. The highest BCUT2D eigenvalue weighted by Crippen LogP contribution is 2.35. The van der Waals surface area contributed by atoms with Gasteiger partial charge in [0, 0.05) is 10.6 Å². The third-order valence-corrected chi connectivity index (χ3v) is 6.49. The summed E-state index contributed by atoms with van der Waals surface area (Å²) in [6.45, 7) is 6.47. The number of thiophene rings is 1. The molecule has 1 aliphatic carbocycles. The van der Waals surface area contributed by atoms with Gasteiger partial charge in [0.05, 0.1) is 11.4 Å². The number of benzene rings is 1. The minimum Gasteiger partial charge on any atom is -0.375 e. The number of aromatic amines is 1. The van der Waals surface area contributed by atoms with Crippen molar-refractivity contribution in [2.24, 2.45) is 5.92 Å². The second-order valence-electron chi connectivity index (χ2n) is 7.40. The zero-order chi connectivity index (χ0) is 18.3. The SMILES string of the molecule is CCc1ccc(N[C@H](C)c2nc3sc4c(c3c(=O)[nH]2)CC[C@H](C)C4)cc1. The van der Waals surface area contributed by atoms with Crippen LogP contribution in [-0.4, -0.2) is 9.97 Å². The van der Waals surface area contributed by atoms with Crippen LogP contribution in [0.4, 0.5) is 5.69 Å². The number of rotatable bonds is 4. The average molecular weight is 368 g/mol. The molecular formula is C21H25N3OS. The number of aryl methyl sites for hydroxylation is 2. The number of aromatic nitrogens is 2. The highest BCUT2D eigenvalue weighted by Gasteiger charge is 2.23. The molecule has 3 aromatic rings. The van der Waals surface area contributed by atoms with E-state index in [0.29, 0.717) is 11.7 Å². The van der Waals surface area contributed by atoms with Crippen molar-refractivity contribution < 1.29 is 0 Å². The number of anilines is 1. The number of fused-ring (bicyclic) bond motifs is 3. The maximum Gasteiger partial charge on any atom is 0.259 e. The van der Waals surface area contributed by atoms with Crippen LogP contribution in [-0.2, 0) is 19.3 Å². The van der Waals surface area contributed by atoms with E-state index in [1.165, 1.54) is 16.0 Å². The molecule has 1 aliphatic rings. The van der Waals surface area contributed by atoms with Gasteiger partial charge in [-0.25, -0.2) is 4.98 Å². The molecule has 2 atom stereocenters. The summed E-state index contributed by atoms with van der Waals surface area (Å²) < 4.78 is 0. The summed E-state index contributed by atoms with van der Waals surface area (Å²) >= 11 is 1.70. The Kier molecular flexibility index (Phi) is 4.57. The Morgan fingerprint density at radius 1 is 1.35 bits per heavy atom. The summed E-state index contributed by atoms with van der Waals surface area (Å²) in [6.07, 6.45) is 4.26. The van der Waals surface area contributed by atoms with E-state index in [1.54, 1.807) is 11.3 Å². The van der Waals surface area contributed by atoms with Crippen molar-refractivity contribution in [3.8, 4) is 0 Å². The zero-order valence-corrected chi connectivity index (χ0v) is 16.4. The lowest BCUT2D eigenvalue weighted by molar-refractivity contribution is 0.509. The molecule has 136 valence electrons. The third kappa shape index (κ3) is 3.16. The molecule has 0 aliphatic heterocycles. The number of hydrogen-bond donors (Lipinski definition) is 2. The Hall–Kier alpha value is -2.14. The highest BCUT2D eigenvalue weighted by atomic mass is 32.1. The largest absolute Gasteiger partial charge is 0.375 e. The van der Waals surface area contributed by atoms with Crippen molar-refractivity contribution in [1.29, 1.82) is 0 Å². The van der Waals surface area contributed by atoms with Crippen LogP contribution < -0.4 is 10.9 Å². The smallest absolute Gasteiger partial charge is 0.259 e. The van der Waals surface area contributed by atoms with Crippen molar-refractivity contribution >= 4 is 27.2 Å². The van der Waals surface area contributed by atoms with E-state index in [0.717, 1.165) is 41.6 Å². The van der Waals surface area contributed by atoms with Gasteiger partial charge in [-0.15, -0.1) is 11.3 Å². The Labute approximate surface area is 157 Å². The average Bonchev–Trinajstić information content (AvgIpc) is 3.00. The van der Waals surface area contributed by atoms with Crippen LogP contribution >= 0.6 is 11.3 Å². The summed E-state index contributed by atoms with van der Waals surface area (Å²) in [5.41, 5.74) is 3.59. The quantitative estimate of drug-likeness (QED) is 0.693. The van der Waals surface area contributed by atoms with E-state index in [-0.39, 0.29) is 11.6 Å². The molecular weight excluding hydrogens is 342 g/mol. The number of nitrogens with one attached hydrogen (secondary N) is 2. The van der Waals surface area contributed by atoms with Gasteiger partial charge in [-0.3, -0.25) is 4.79 Å². The lowest BCUT2D eigenvalue weighted by atomic mass is 9.89. The molecule has 2 aromatic heterocycles. The molecule has 2 heterocycles. The van der Waals surface area contributed by atoms with Crippen LogP contribution in [0.1, 0.15) is 55.1 Å². The van der Waals surface area contributed by atoms with Gasteiger partial charge in [-0.05, 0) is 61.8 Å². The number of H-pyrrole nitrogens is 1. The molecule has 0 fully saturated rings. The fourth-order valence-corrected chi connectivity index (χ4v) is 5.12. The van der Waals surface area contributed by atoms with Crippen molar-refractivity contribution in [2.75, 3.05) is 5.32 Å². The van der Waals surface area contributed by atoms with Gasteiger partial charge in [-0.1, -0.05) is 26.0 Å². The van der Waals surface area contributed by atoms with Crippen LogP contribution in [0.3, 0.4) is 0 Å². The summed E-state index contributed by atoms with van der Waals surface area (Å²) in [5, 5.41) is 4.26. The molecule has 0 saturated carbocycles. The Balaban J connectivity index is 1.65. The number of hydrogen-bond acceptors (Lipinski definition) is 4. The second-order valence-corrected chi connectivity index (χ2v) is 8.48. The van der Waals surface area contributed by atoms with Crippen LogP contribution in [0.5, 0.6) is 0 Å². The van der Waals surface area contributed by atoms with E-state index in [4.69, 9.17) is 4.98 Å². The first-order valence-corrected chi connectivity index (χ1v) is 10.3. The minimum atomic E-state index is -0.0578. The van der Waals surface area contributed by atoms with E-state index in [1.807, 2.05) is 6.92 Å². The molecule has 0 spiro atoms. The molecule has 2 N–H and O–H groups in total. The molecule has 4 nitrogen and oxygen atoms in total. The predicted molar refractivity (Wildman–Crippen MR) is 109 cm³/mol. The van der Waals surface area contributed by atoms with Crippen molar-refractivity contribution in [1.82, 2.24) is 9.97 Å². The fraction of sp³-hybridized carbons (Fsp3) is 0.429. The normalized spacial score (nSPS) is 17.9. The lowest BCUT2D eigenvalue weighted by Crippen LogP contribution is -2.18. The van der Waals surface area contributed by atoms with Crippen molar-refractivity contribution in [2.45, 2.75) is 52.5 Å². The summed E-state index contributed by atoms with van der Waals surface area (Å²) in [6, 6.07) is 8.36. The maximum atomic E-state index is 12.7. The molecule has 4 rings (SSSR count). The topological polar surface area (TPSA) is 57.8 Å². The molecule has 0 saturated heterocycles. The van der Waals surface area contributed by atoms with Crippen molar-refractivity contribution in [3.63, 3.8) is 0 Å². The van der Waals surface area contributed by atoms with E-state index < -0.39 is 0 Å². The fourth-order valence-electron chi connectivity index (χ4n) is 3.73. The summed E-state index contributed by atoms with van der Waals surface area (Å²) in [5.74, 6) is 1.40. The summed E-state index contributed by atoms with van der Waals surface area (Å²) in [7, 11) is 0. The molecule has 1 aromatic carbocycles. The standard InChI is InChI=1S/C21H25N3OS/c1-4-14-6-8-15(9-7-14)22-13(3)19-23-20(25)18-16-10-5-12(2)11-17(16)26-21(18)24-19/h6-9,12-13,22H,4-5,10-11H2,1-3H3,(H,23,24,25)/t12-,13+/m0/s1. The number of nitrogens with zero attached hydrogens (tertiary/aromatic N) is 1. The monoisotopic (exact) mass is 367 g/mol. The van der Waals surface area contributed by atoms with Gasteiger partial charge in [-0.2, -0.15) is 0 Å². The molecule has 5 heteroatoms. The van der Waals surface area contributed by atoms with E-state index >= 15 is 0 Å². The zero-order valence-electron chi connectivity index (χ0n) is 15.6. The first-order chi connectivity index (χ1) is 12.5. The predicted octanol–water partition coefficient (Wildman–Crippen LogP) is 4.84. The van der Waals surface area contributed by atoms with Crippen LogP contribution in [0, 0.1) is 5.92 Å². The summed E-state index contributed by atoms with van der Waals surface area (Å²) in [4.78, 5) is 22.8. The molecule has 26 heavy (non-hydrogen) atoms.